The summed E-state index contributed by atoms with van der Waals surface area (Å²) in [6.45, 7) is 2.85. The zero-order valence-corrected chi connectivity index (χ0v) is 20.8. The number of fused-ring (bicyclic) bond motifs is 1. The van der Waals surface area contributed by atoms with Crippen molar-refractivity contribution < 1.29 is 8.42 Å². The molecular weight excluding hydrogens is 486 g/mol. The third kappa shape index (κ3) is 4.03. The van der Waals surface area contributed by atoms with Crippen molar-refractivity contribution >= 4 is 26.7 Å². The zero-order chi connectivity index (χ0) is 25.6. The lowest BCUT2D eigenvalue weighted by molar-refractivity contribution is 0.588. The van der Waals surface area contributed by atoms with Crippen LogP contribution in [0.1, 0.15) is 12.0 Å². The molecule has 0 saturated heterocycles. The van der Waals surface area contributed by atoms with Gasteiger partial charge in [-0.1, -0.05) is 48.0 Å². The van der Waals surface area contributed by atoms with E-state index < -0.39 is 10.0 Å². The molecule has 6 rings (SSSR count). The predicted octanol–water partition coefficient (Wildman–Crippen LogP) is 4.72. The smallest absolute Gasteiger partial charge is 0.272 e. The van der Waals surface area contributed by atoms with Gasteiger partial charge >= 0.3 is 0 Å². The summed E-state index contributed by atoms with van der Waals surface area (Å²) in [6, 6.07) is 21.5. The van der Waals surface area contributed by atoms with E-state index in [1.807, 2.05) is 31.2 Å². The molecule has 3 aromatic carbocycles. The van der Waals surface area contributed by atoms with Crippen LogP contribution in [-0.4, -0.2) is 34.1 Å². The van der Waals surface area contributed by atoms with E-state index in [1.54, 1.807) is 48.5 Å². The SMILES string of the molecule is Cc1ccc(S(=O)(=O)n2cnc3c(-c4cc(-c5ccc(N6C=CCC6)cc5)n[nH]c4=O)cccc32)cc1. The highest BCUT2D eigenvalue weighted by molar-refractivity contribution is 7.90. The van der Waals surface area contributed by atoms with Gasteiger partial charge in [0.25, 0.3) is 15.6 Å². The highest BCUT2D eigenvalue weighted by Crippen LogP contribution is 2.30. The first-order chi connectivity index (χ1) is 17.9. The number of para-hydroxylation sites is 1. The molecule has 8 nitrogen and oxygen atoms in total. The maximum Gasteiger partial charge on any atom is 0.272 e. The molecule has 0 spiro atoms. The van der Waals surface area contributed by atoms with Gasteiger partial charge in [-0.25, -0.2) is 22.5 Å². The van der Waals surface area contributed by atoms with Gasteiger partial charge in [-0.15, -0.1) is 0 Å². The number of hydrogen-bond acceptors (Lipinski definition) is 6. The van der Waals surface area contributed by atoms with Crippen LogP contribution >= 0.6 is 0 Å². The summed E-state index contributed by atoms with van der Waals surface area (Å²) >= 11 is 0. The number of H-pyrrole nitrogens is 1. The molecule has 3 heterocycles. The summed E-state index contributed by atoms with van der Waals surface area (Å²) in [6.07, 6.45) is 6.52. The van der Waals surface area contributed by atoms with Crippen LogP contribution in [0.4, 0.5) is 5.69 Å². The van der Waals surface area contributed by atoms with E-state index in [0.29, 0.717) is 27.9 Å². The molecule has 2 aromatic heterocycles. The molecule has 0 saturated carbocycles. The third-order valence-electron chi connectivity index (χ3n) is 6.53. The van der Waals surface area contributed by atoms with Crippen LogP contribution < -0.4 is 10.5 Å². The van der Waals surface area contributed by atoms with Crippen LogP contribution in [0.3, 0.4) is 0 Å². The van der Waals surface area contributed by atoms with Gasteiger partial charge < -0.3 is 4.90 Å². The van der Waals surface area contributed by atoms with Gasteiger partial charge in [0.2, 0.25) is 0 Å². The van der Waals surface area contributed by atoms with E-state index >= 15 is 0 Å². The van der Waals surface area contributed by atoms with Crippen molar-refractivity contribution in [3.8, 4) is 22.4 Å². The van der Waals surface area contributed by atoms with E-state index in [1.165, 1.54) is 6.33 Å². The van der Waals surface area contributed by atoms with Crippen LogP contribution in [0.15, 0.2) is 101 Å². The molecule has 0 fully saturated rings. The number of nitrogens with one attached hydrogen (secondary N) is 1. The van der Waals surface area contributed by atoms with Gasteiger partial charge in [0, 0.05) is 29.6 Å². The maximum atomic E-state index is 13.3. The Kier molecular flexibility index (Phi) is 5.49. The number of aromatic nitrogens is 4. The molecule has 0 atom stereocenters. The maximum absolute atomic E-state index is 13.3. The number of aryl methyl sites for hydroxylation is 1. The predicted molar refractivity (Wildman–Crippen MR) is 144 cm³/mol. The highest BCUT2D eigenvalue weighted by Gasteiger charge is 2.22. The van der Waals surface area contributed by atoms with Crippen molar-refractivity contribution in [1.29, 1.82) is 0 Å². The molecule has 0 bridgehead atoms. The minimum absolute atomic E-state index is 0.166. The van der Waals surface area contributed by atoms with E-state index in [0.717, 1.165) is 33.8 Å². The van der Waals surface area contributed by atoms with Crippen LogP contribution in [0.25, 0.3) is 33.4 Å². The van der Waals surface area contributed by atoms with Gasteiger partial charge in [0.05, 0.1) is 27.2 Å². The van der Waals surface area contributed by atoms with Crippen LogP contribution in [0, 0.1) is 6.92 Å². The molecule has 0 amide bonds. The van der Waals surface area contributed by atoms with Crippen molar-refractivity contribution in [1.82, 2.24) is 19.2 Å². The summed E-state index contributed by atoms with van der Waals surface area (Å²) in [5.41, 5.74) is 4.81. The third-order valence-corrected chi connectivity index (χ3v) is 8.21. The second-order valence-corrected chi connectivity index (χ2v) is 10.8. The molecule has 184 valence electrons. The Balaban J connectivity index is 1.42. The largest absolute Gasteiger partial charge is 0.348 e. The number of aromatic amines is 1. The quantitative estimate of drug-likeness (QED) is 0.368. The number of anilines is 1. The molecule has 0 aliphatic carbocycles. The lowest BCUT2D eigenvalue weighted by atomic mass is 10.0. The Hall–Kier alpha value is -4.50. The van der Waals surface area contributed by atoms with Crippen LogP contribution in [0.5, 0.6) is 0 Å². The van der Waals surface area contributed by atoms with E-state index in [2.05, 4.69) is 32.4 Å². The average Bonchev–Trinajstić information content (AvgIpc) is 3.60. The normalized spacial score (nSPS) is 13.5. The van der Waals surface area contributed by atoms with E-state index in [4.69, 9.17) is 0 Å². The molecule has 1 N–H and O–H groups in total. The summed E-state index contributed by atoms with van der Waals surface area (Å²) in [4.78, 5) is 19.6. The van der Waals surface area contributed by atoms with Gasteiger partial charge in [-0.05, 0) is 49.7 Å². The van der Waals surface area contributed by atoms with E-state index in [-0.39, 0.29) is 10.5 Å². The Morgan fingerprint density at radius 2 is 1.73 bits per heavy atom. The molecule has 1 aliphatic rings. The van der Waals surface area contributed by atoms with E-state index in [9.17, 15) is 13.2 Å². The molecular formula is C28H23N5O3S. The first-order valence-electron chi connectivity index (χ1n) is 11.8. The number of benzene rings is 3. The fourth-order valence-corrected chi connectivity index (χ4v) is 5.82. The summed E-state index contributed by atoms with van der Waals surface area (Å²) in [5, 5.41) is 6.83. The average molecular weight is 510 g/mol. The number of imidazole rings is 1. The molecule has 37 heavy (non-hydrogen) atoms. The first kappa shape index (κ1) is 22.9. The Morgan fingerprint density at radius 3 is 2.46 bits per heavy atom. The van der Waals surface area contributed by atoms with Gasteiger partial charge in [0.1, 0.15) is 6.33 Å². The van der Waals surface area contributed by atoms with Crippen molar-refractivity contribution in [2.45, 2.75) is 18.2 Å². The molecule has 9 heteroatoms. The number of hydrogen-bond donors (Lipinski definition) is 1. The van der Waals surface area contributed by atoms with Crippen molar-refractivity contribution in [3.05, 3.63) is 107 Å². The standard InChI is InChI=1S/C28H23N5O3S/c1-19-7-13-22(14-8-19)37(35,36)33-18-29-27-23(5-4-6-26(27)33)24-17-25(30-31-28(24)34)20-9-11-21(12-10-20)32-15-2-3-16-32/h2,4-15,17-18H,3,16H2,1H3,(H,31,34). The van der Waals surface area contributed by atoms with Gasteiger partial charge in [-0.3, -0.25) is 4.79 Å². The number of nitrogens with zero attached hydrogens (tertiary/aromatic N) is 4. The fourth-order valence-electron chi connectivity index (χ4n) is 4.53. The van der Waals surface area contributed by atoms with Crippen LogP contribution in [0.2, 0.25) is 0 Å². The summed E-state index contributed by atoms with van der Waals surface area (Å²) < 4.78 is 27.8. The minimum atomic E-state index is -3.86. The highest BCUT2D eigenvalue weighted by atomic mass is 32.2. The van der Waals surface area contributed by atoms with Crippen molar-refractivity contribution in [2.24, 2.45) is 0 Å². The van der Waals surface area contributed by atoms with Crippen LogP contribution in [-0.2, 0) is 10.0 Å². The Labute approximate surface area is 213 Å². The lowest BCUT2D eigenvalue weighted by Crippen LogP contribution is -2.13. The summed E-state index contributed by atoms with van der Waals surface area (Å²) in [5.74, 6) is 0. The minimum Gasteiger partial charge on any atom is -0.348 e. The second-order valence-electron chi connectivity index (χ2n) is 8.94. The zero-order valence-electron chi connectivity index (χ0n) is 20.0. The molecule has 1 aliphatic heterocycles. The molecule has 5 aromatic rings. The second kappa shape index (κ2) is 8.86. The van der Waals surface area contributed by atoms with Crippen molar-refractivity contribution in [2.75, 3.05) is 11.4 Å². The first-order valence-corrected chi connectivity index (χ1v) is 13.3. The fraction of sp³-hybridized carbons (Fsp3) is 0.107. The van der Waals surface area contributed by atoms with Gasteiger partial charge in [-0.2, -0.15) is 5.10 Å². The molecule has 0 radical (unpaired) electrons. The van der Waals surface area contributed by atoms with Gasteiger partial charge in [0.15, 0.2) is 0 Å². The van der Waals surface area contributed by atoms with Crippen molar-refractivity contribution in [3.63, 3.8) is 0 Å². The lowest BCUT2D eigenvalue weighted by Gasteiger charge is -2.15. The monoisotopic (exact) mass is 509 g/mol. The molecule has 0 unspecified atom stereocenters. The number of rotatable bonds is 5. The Morgan fingerprint density at radius 1 is 0.946 bits per heavy atom. The Bertz CT molecular complexity index is 1820. The topological polar surface area (TPSA) is 101 Å². The summed E-state index contributed by atoms with van der Waals surface area (Å²) in [7, 11) is -3.86.